The number of aryl methyl sites for hydroxylation is 1. The first-order chi connectivity index (χ1) is 15.8. The van der Waals surface area contributed by atoms with Crippen LogP contribution in [0.15, 0.2) is 48.5 Å². The second kappa shape index (κ2) is 12.4. The number of amides is 1. The average molecular weight is 459 g/mol. The summed E-state index contributed by atoms with van der Waals surface area (Å²) in [6, 6.07) is 11.7. The number of rotatable bonds is 12. The van der Waals surface area contributed by atoms with Crippen LogP contribution < -0.4 is 15.0 Å². The van der Waals surface area contributed by atoms with Crippen LogP contribution in [-0.4, -0.2) is 60.9 Å². The van der Waals surface area contributed by atoms with Gasteiger partial charge in [-0.1, -0.05) is 24.3 Å². The Hall–Kier alpha value is -3.59. The summed E-state index contributed by atoms with van der Waals surface area (Å²) in [6.45, 7) is 1.89. The number of hydrogen-bond acceptors (Lipinski definition) is 7. The van der Waals surface area contributed by atoms with Gasteiger partial charge in [-0.05, 0) is 56.1 Å². The molecule has 1 amide bonds. The van der Waals surface area contributed by atoms with Crippen molar-refractivity contribution in [1.29, 1.82) is 0 Å². The molecule has 2 atom stereocenters. The number of ether oxygens (including phenoxy) is 2. The number of aromatic hydroxyl groups is 1. The van der Waals surface area contributed by atoms with Crippen LogP contribution in [-0.2, 0) is 25.5 Å². The topological polar surface area (TPSA) is 125 Å². The third-order valence-corrected chi connectivity index (χ3v) is 5.15. The number of para-hydroxylation sites is 1. The minimum absolute atomic E-state index is 0.0391. The lowest BCUT2D eigenvalue weighted by Gasteiger charge is -2.31. The molecule has 0 aliphatic rings. The third kappa shape index (κ3) is 7.21. The van der Waals surface area contributed by atoms with Gasteiger partial charge in [-0.15, -0.1) is 0 Å². The van der Waals surface area contributed by atoms with Crippen LogP contribution in [0.1, 0.15) is 25.3 Å². The molecule has 0 aliphatic carbocycles. The maximum atomic E-state index is 13.4. The number of hydrogen-bond donors (Lipinski definition) is 3. The molecule has 0 aliphatic heterocycles. The molecule has 3 N–H and O–H groups in total. The molecular formula is C24H30N2O7. The van der Waals surface area contributed by atoms with Gasteiger partial charge in [0.1, 0.15) is 6.04 Å². The lowest BCUT2D eigenvalue weighted by atomic mass is 10.1. The molecule has 2 aromatic rings. The van der Waals surface area contributed by atoms with Gasteiger partial charge in [0.05, 0.1) is 26.7 Å². The normalized spacial score (nSPS) is 12.5. The van der Waals surface area contributed by atoms with E-state index in [1.54, 1.807) is 42.5 Å². The van der Waals surface area contributed by atoms with Gasteiger partial charge in [0.25, 0.3) is 0 Å². The molecule has 0 fully saturated rings. The zero-order chi connectivity index (χ0) is 24.4. The number of carboxylic acid groups (broad SMARTS) is 1. The second-order valence-corrected chi connectivity index (χ2v) is 7.46. The summed E-state index contributed by atoms with van der Waals surface area (Å²) in [7, 11) is 2.70. The van der Waals surface area contributed by atoms with Gasteiger partial charge in [-0.3, -0.25) is 14.5 Å². The average Bonchev–Trinajstić information content (AvgIpc) is 2.81. The van der Waals surface area contributed by atoms with Gasteiger partial charge < -0.3 is 25.0 Å². The molecular weight excluding hydrogens is 428 g/mol. The van der Waals surface area contributed by atoms with E-state index in [1.165, 1.54) is 26.0 Å². The number of methoxy groups -OCH3 is 2. The lowest BCUT2D eigenvalue weighted by Crippen LogP contribution is -2.53. The van der Waals surface area contributed by atoms with Crippen LogP contribution in [0.4, 0.5) is 5.69 Å². The Kier molecular flexibility index (Phi) is 9.68. The van der Waals surface area contributed by atoms with Crippen molar-refractivity contribution < 1.29 is 34.1 Å². The number of aliphatic carboxylic acids is 1. The molecule has 9 heteroatoms. The molecule has 0 bridgehead atoms. The van der Waals surface area contributed by atoms with E-state index < -0.39 is 36.4 Å². The van der Waals surface area contributed by atoms with Gasteiger partial charge in [0.2, 0.25) is 5.91 Å². The second-order valence-electron chi connectivity index (χ2n) is 7.46. The molecule has 2 aromatic carbocycles. The smallest absolute Gasteiger partial charge is 0.328 e. The molecule has 33 heavy (non-hydrogen) atoms. The van der Waals surface area contributed by atoms with Crippen LogP contribution >= 0.6 is 0 Å². The third-order valence-electron chi connectivity index (χ3n) is 5.15. The molecule has 0 heterocycles. The van der Waals surface area contributed by atoms with Crippen molar-refractivity contribution in [2.24, 2.45) is 0 Å². The lowest BCUT2D eigenvalue weighted by molar-refractivity contribution is -0.143. The van der Waals surface area contributed by atoms with Gasteiger partial charge in [-0.25, -0.2) is 4.79 Å². The van der Waals surface area contributed by atoms with Gasteiger partial charge in [0, 0.05) is 5.69 Å². The summed E-state index contributed by atoms with van der Waals surface area (Å²) in [5.41, 5.74) is 1.34. The molecule has 9 nitrogen and oxygen atoms in total. The number of carbonyl (C=O) groups excluding carboxylic acids is 2. The molecule has 178 valence electrons. The highest BCUT2D eigenvalue weighted by Crippen LogP contribution is 2.26. The predicted molar refractivity (Wildman–Crippen MR) is 122 cm³/mol. The Morgan fingerprint density at radius 1 is 1.09 bits per heavy atom. The first-order valence-corrected chi connectivity index (χ1v) is 10.6. The molecule has 0 spiro atoms. The number of nitrogens with one attached hydrogen (secondary N) is 1. The zero-order valence-corrected chi connectivity index (χ0v) is 19.0. The van der Waals surface area contributed by atoms with Gasteiger partial charge >= 0.3 is 11.9 Å². The van der Waals surface area contributed by atoms with E-state index in [9.17, 15) is 24.6 Å². The van der Waals surface area contributed by atoms with Crippen LogP contribution in [0.3, 0.4) is 0 Å². The standard InChI is InChI=1S/C24H30N2O7/c1-16(24(31)33-3)26(18-9-5-4-6-10-18)23(30)19(15-22(28)29)25-13-7-8-17-11-12-21(32-2)20(27)14-17/h4-6,9-12,14,16,19,25,27H,7-8,13,15H2,1-3H3,(H,28,29)/t16-,19-/m0/s1. The fraction of sp³-hybridized carbons (Fsp3) is 0.375. The highest BCUT2D eigenvalue weighted by molar-refractivity contribution is 6.03. The SMILES string of the molecule is COC(=O)[C@H](C)N(C(=O)[C@H](CC(=O)O)NCCCc1ccc(OC)c(O)c1)c1ccccc1. The van der Waals surface area contributed by atoms with Crippen molar-refractivity contribution in [3.8, 4) is 11.5 Å². The number of phenolic OH excluding ortho intramolecular Hbond substituents is 1. The Bertz CT molecular complexity index is 949. The molecule has 0 aromatic heterocycles. The van der Waals surface area contributed by atoms with E-state index in [0.717, 1.165) is 5.56 Å². The largest absolute Gasteiger partial charge is 0.504 e. The molecule has 2 rings (SSSR count). The van der Waals surface area contributed by atoms with Crippen molar-refractivity contribution in [2.45, 2.75) is 38.3 Å². The minimum Gasteiger partial charge on any atom is -0.504 e. The number of carboxylic acids is 1. The summed E-state index contributed by atoms with van der Waals surface area (Å²) < 4.78 is 9.83. The fourth-order valence-corrected chi connectivity index (χ4v) is 3.46. The predicted octanol–water partition coefficient (Wildman–Crippen LogP) is 2.36. The van der Waals surface area contributed by atoms with Gasteiger partial charge in [-0.2, -0.15) is 0 Å². The summed E-state index contributed by atoms with van der Waals surface area (Å²) >= 11 is 0. The highest BCUT2D eigenvalue weighted by atomic mass is 16.5. The molecule has 0 saturated heterocycles. The number of anilines is 1. The maximum absolute atomic E-state index is 13.4. The Morgan fingerprint density at radius 3 is 2.36 bits per heavy atom. The van der Waals surface area contributed by atoms with E-state index >= 15 is 0 Å². The van der Waals surface area contributed by atoms with E-state index in [2.05, 4.69) is 5.32 Å². The van der Waals surface area contributed by atoms with E-state index in [0.29, 0.717) is 30.8 Å². The summed E-state index contributed by atoms with van der Waals surface area (Å²) in [5, 5.41) is 22.3. The number of carbonyl (C=O) groups is 3. The molecule has 0 unspecified atom stereocenters. The van der Waals surface area contributed by atoms with Crippen molar-refractivity contribution in [3.63, 3.8) is 0 Å². The van der Waals surface area contributed by atoms with Crippen LogP contribution in [0, 0.1) is 0 Å². The van der Waals surface area contributed by atoms with Crippen molar-refractivity contribution in [3.05, 3.63) is 54.1 Å². The van der Waals surface area contributed by atoms with E-state index in [1.807, 2.05) is 6.07 Å². The quantitative estimate of drug-likeness (QED) is 0.327. The Morgan fingerprint density at radius 2 is 1.79 bits per heavy atom. The minimum atomic E-state index is -1.14. The Labute approximate surface area is 192 Å². The highest BCUT2D eigenvalue weighted by Gasteiger charge is 2.33. The van der Waals surface area contributed by atoms with Crippen molar-refractivity contribution in [1.82, 2.24) is 5.32 Å². The number of esters is 1. The molecule has 0 saturated carbocycles. The number of benzene rings is 2. The van der Waals surface area contributed by atoms with Crippen LogP contribution in [0.2, 0.25) is 0 Å². The van der Waals surface area contributed by atoms with Crippen molar-refractivity contribution in [2.75, 3.05) is 25.7 Å². The maximum Gasteiger partial charge on any atom is 0.328 e. The molecule has 0 radical (unpaired) electrons. The van der Waals surface area contributed by atoms with Gasteiger partial charge in [0.15, 0.2) is 11.5 Å². The van der Waals surface area contributed by atoms with Crippen molar-refractivity contribution >= 4 is 23.5 Å². The summed E-state index contributed by atoms with van der Waals surface area (Å²) in [4.78, 5) is 38.3. The van der Waals surface area contributed by atoms with Crippen LogP contribution in [0.5, 0.6) is 11.5 Å². The van der Waals surface area contributed by atoms with Crippen LogP contribution in [0.25, 0.3) is 0 Å². The zero-order valence-electron chi connectivity index (χ0n) is 19.0. The summed E-state index contributed by atoms with van der Waals surface area (Å²) in [6.07, 6.45) is 0.742. The Balaban J connectivity index is 2.12. The summed E-state index contributed by atoms with van der Waals surface area (Å²) in [5.74, 6) is -1.87. The first-order valence-electron chi connectivity index (χ1n) is 10.6. The number of phenols is 1. The monoisotopic (exact) mass is 458 g/mol. The number of nitrogens with zero attached hydrogens (tertiary/aromatic N) is 1. The fourth-order valence-electron chi connectivity index (χ4n) is 3.46. The van der Waals surface area contributed by atoms with E-state index in [4.69, 9.17) is 9.47 Å². The first kappa shape index (κ1) is 25.7. The van der Waals surface area contributed by atoms with E-state index in [-0.39, 0.29) is 5.75 Å².